The average molecular weight is 260 g/mol. The van der Waals surface area contributed by atoms with E-state index in [2.05, 4.69) is 29.7 Å². The molecule has 1 unspecified atom stereocenters. The molecule has 0 bridgehead atoms. The summed E-state index contributed by atoms with van der Waals surface area (Å²) in [6.07, 6.45) is 3.55. The highest BCUT2D eigenvalue weighted by Crippen LogP contribution is 2.38. The van der Waals surface area contributed by atoms with Crippen molar-refractivity contribution >= 4 is 11.6 Å². The molecule has 0 fully saturated rings. The van der Waals surface area contributed by atoms with Crippen LogP contribution in [0.4, 0.5) is 5.69 Å². The quantitative estimate of drug-likeness (QED) is 0.852. The molecule has 1 aromatic carbocycles. The van der Waals surface area contributed by atoms with Gasteiger partial charge in [-0.2, -0.15) is 0 Å². The number of benzene rings is 1. The highest BCUT2D eigenvalue weighted by Gasteiger charge is 2.38. The van der Waals surface area contributed by atoms with E-state index < -0.39 is 5.41 Å². The molecule has 0 radical (unpaired) electrons. The third kappa shape index (κ3) is 2.52. The van der Waals surface area contributed by atoms with Gasteiger partial charge in [0.15, 0.2) is 0 Å². The van der Waals surface area contributed by atoms with E-state index in [4.69, 9.17) is 0 Å². The van der Waals surface area contributed by atoms with E-state index in [1.807, 2.05) is 27.0 Å². The predicted molar refractivity (Wildman–Crippen MR) is 79.4 cm³/mol. The van der Waals surface area contributed by atoms with Gasteiger partial charge in [0.2, 0.25) is 5.91 Å². The molecule has 0 saturated heterocycles. The van der Waals surface area contributed by atoms with Crippen molar-refractivity contribution in [2.24, 2.45) is 0 Å². The normalized spacial score (nSPS) is 18.0. The second kappa shape index (κ2) is 5.33. The summed E-state index contributed by atoms with van der Waals surface area (Å²) in [5.74, 6) is 0.0919. The minimum atomic E-state index is -0.422. The molecule has 1 aliphatic rings. The summed E-state index contributed by atoms with van der Waals surface area (Å²) in [7, 11) is 2.00. The van der Waals surface area contributed by atoms with Gasteiger partial charge in [-0.3, -0.25) is 4.79 Å². The lowest BCUT2D eigenvalue weighted by Crippen LogP contribution is -2.27. The van der Waals surface area contributed by atoms with Crippen molar-refractivity contribution in [3.8, 4) is 0 Å². The van der Waals surface area contributed by atoms with Gasteiger partial charge in [0.05, 0.1) is 5.41 Å². The number of anilines is 1. The first-order valence-electron chi connectivity index (χ1n) is 7.13. The number of rotatable bonds is 5. The maximum absolute atomic E-state index is 11.9. The van der Waals surface area contributed by atoms with E-state index in [9.17, 15) is 4.79 Å². The minimum absolute atomic E-state index is 0.0919. The van der Waals surface area contributed by atoms with Gasteiger partial charge in [0, 0.05) is 11.7 Å². The van der Waals surface area contributed by atoms with E-state index in [0.29, 0.717) is 6.04 Å². The Morgan fingerprint density at radius 1 is 1.37 bits per heavy atom. The van der Waals surface area contributed by atoms with Crippen LogP contribution < -0.4 is 10.6 Å². The van der Waals surface area contributed by atoms with Gasteiger partial charge in [-0.1, -0.05) is 31.9 Å². The van der Waals surface area contributed by atoms with E-state index in [0.717, 1.165) is 17.7 Å². The number of unbranched alkanes of at least 4 members (excludes halogenated alkanes) is 1. The Morgan fingerprint density at radius 3 is 2.74 bits per heavy atom. The van der Waals surface area contributed by atoms with Gasteiger partial charge in [-0.05, 0) is 44.5 Å². The fraction of sp³-hybridized carbons (Fsp3) is 0.562. The highest BCUT2D eigenvalue weighted by atomic mass is 16.2. The summed E-state index contributed by atoms with van der Waals surface area (Å²) >= 11 is 0. The summed E-state index contributed by atoms with van der Waals surface area (Å²) in [6.45, 7) is 6.18. The SMILES string of the molecule is CCCCC(NC)c1ccc2c(c1)C(C)(C)C(=O)N2. The number of hydrogen-bond acceptors (Lipinski definition) is 2. The molecule has 0 aromatic heterocycles. The van der Waals surface area contributed by atoms with E-state index >= 15 is 0 Å². The van der Waals surface area contributed by atoms with Crippen LogP contribution in [0.25, 0.3) is 0 Å². The Balaban J connectivity index is 2.31. The Bertz CT molecular complexity index is 480. The zero-order chi connectivity index (χ0) is 14.0. The van der Waals surface area contributed by atoms with Crippen molar-refractivity contribution < 1.29 is 4.79 Å². The summed E-state index contributed by atoms with van der Waals surface area (Å²) in [5, 5.41) is 6.33. The van der Waals surface area contributed by atoms with Crippen molar-refractivity contribution in [1.82, 2.24) is 5.32 Å². The zero-order valence-electron chi connectivity index (χ0n) is 12.3. The second-order valence-corrected chi connectivity index (χ2v) is 5.87. The number of amides is 1. The molecular weight excluding hydrogens is 236 g/mol. The number of fused-ring (bicyclic) bond motifs is 1. The number of carbonyl (C=O) groups is 1. The van der Waals surface area contributed by atoms with Gasteiger partial charge in [0.1, 0.15) is 0 Å². The highest BCUT2D eigenvalue weighted by molar-refractivity contribution is 6.05. The first kappa shape index (κ1) is 14.1. The van der Waals surface area contributed by atoms with Crippen LogP contribution in [-0.2, 0) is 10.2 Å². The van der Waals surface area contributed by atoms with Crippen molar-refractivity contribution in [3.63, 3.8) is 0 Å². The molecule has 104 valence electrons. The smallest absolute Gasteiger partial charge is 0.234 e. The molecule has 2 rings (SSSR count). The lowest BCUT2D eigenvalue weighted by molar-refractivity contribution is -0.119. The standard InChI is InChI=1S/C16H24N2O/c1-5-6-7-13(17-4)11-8-9-14-12(10-11)16(2,3)15(19)18-14/h8-10,13,17H,5-7H2,1-4H3,(H,18,19). The molecule has 1 heterocycles. The van der Waals surface area contributed by atoms with Crippen molar-refractivity contribution in [2.75, 3.05) is 12.4 Å². The molecule has 1 aliphatic heterocycles. The maximum atomic E-state index is 11.9. The Labute approximate surface area is 115 Å². The molecule has 3 nitrogen and oxygen atoms in total. The van der Waals surface area contributed by atoms with Gasteiger partial charge >= 0.3 is 0 Å². The fourth-order valence-electron chi connectivity index (χ4n) is 2.69. The van der Waals surface area contributed by atoms with Gasteiger partial charge in [-0.15, -0.1) is 0 Å². The van der Waals surface area contributed by atoms with Gasteiger partial charge in [0.25, 0.3) is 0 Å². The molecular formula is C16H24N2O. The molecule has 1 amide bonds. The van der Waals surface area contributed by atoms with Crippen molar-refractivity contribution in [1.29, 1.82) is 0 Å². The van der Waals surface area contributed by atoms with Crippen LogP contribution in [0.5, 0.6) is 0 Å². The molecule has 2 N–H and O–H groups in total. The summed E-state index contributed by atoms with van der Waals surface area (Å²) < 4.78 is 0. The number of nitrogens with one attached hydrogen (secondary N) is 2. The zero-order valence-corrected chi connectivity index (χ0v) is 12.3. The van der Waals surface area contributed by atoms with E-state index in [1.165, 1.54) is 18.4 Å². The van der Waals surface area contributed by atoms with E-state index in [1.54, 1.807) is 0 Å². The van der Waals surface area contributed by atoms with Crippen LogP contribution in [-0.4, -0.2) is 13.0 Å². The predicted octanol–water partition coefficient (Wildman–Crippen LogP) is 3.37. The lowest BCUT2D eigenvalue weighted by atomic mass is 9.84. The Kier molecular flexibility index (Phi) is 3.95. The van der Waals surface area contributed by atoms with Crippen LogP contribution in [0.2, 0.25) is 0 Å². The first-order chi connectivity index (χ1) is 9.00. The topological polar surface area (TPSA) is 41.1 Å². The maximum Gasteiger partial charge on any atom is 0.234 e. The second-order valence-electron chi connectivity index (χ2n) is 5.87. The monoisotopic (exact) mass is 260 g/mol. The first-order valence-corrected chi connectivity index (χ1v) is 7.13. The Hall–Kier alpha value is -1.35. The van der Waals surface area contributed by atoms with E-state index in [-0.39, 0.29) is 5.91 Å². The molecule has 1 atom stereocenters. The van der Waals surface area contributed by atoms with Crippen molar-refractivity contribution in [2.45, 2.75) is 51.5 Å². The third-order valence-electron chi connectivity index (χ3n) is 4.13. The molecule has 0 saturated carbocycles. The third-order valence-corrected chi connectivity index (χ3v) is 4.13. The fourth-order valence-corrected chi connectivity index (χ4v) is 2.69. The molecule has 1 aromatic rings. The van der Waals surface area contributed by atoms with Crippen LogP contribution in [0, 0.1) is 0 Å². The molecule has 19 heavy (non-hydrogen) atoms. The largest absolute Gasteiger partial charge is 0.325 e. The molecule has 3 heteroatoms. The molecule has 0 aliphatic carbocycles. The van der Waals surface area contributed by atoms with Gasteiger partial charge in [-0.25, -0.2) is 0 Å². The number of hydrogen-bond donors (Lipinski definition) is 2. The summed E-state index contributed by atoms with van der Waals surface area (Å²) in [5.41, 5.74) is 2.93. The van der Waals surface area contributed by atoms with Crippen LogP contribution >= 0.6 is 0 Å². The lowest BCUT2D eigenvalue weighted by Gasteiger charge is -2.20. The van der Waals surface area contributed by atoms with Crippen molar-refractivity contribution in [3.05, 3.63) is 29.3 Å². The average Bonchev–Trinajstić information content (AvgIpc) is 2.62. The minimum Gasteiger partial charge on any atom is -0.325 e. The van der Waals surface area contributed by atoms with Crippen LogP contribution in [0.3, 0.4) is 0 Å². The van der Waals surface area contributed by atoms with Crippen LogP contribution in [0.1, 0.15) is 57.2 Å². The Morgan fingerprint density at radius 2 is 2.11 bits per heavy atom. The van der Waals surface area contributed by atoms with Crippen LogP contribution in [0.15, 0.2) is 18.2 Å². The molecule has 0 spiro atoms. The van der Waals surface area contributed by atoms with Gasteiger partial charge < -0.3 is 10.6 Å². The number of carbonyl (C=O) groups excluding carboxylic acids is 1. The summed E-state index contributed by atoms with van der Waals surface area (Å²) in [6, 6.07) is 6.71. The summed E-state index contributed by atoms with van der Waals surface area (Å²) in [4.78, 5) is 11.9.